The molecule has 0 spiro atoms. The van der Waals surface area contributed by atoms with E-state index in [1.165, 1.54) is 12.1 Å². The van der Waals surface area contributed by atoms with Gasteiger partial charge in [0.1, 0.15) is 18.2 Å². The number of carbonyl (C=O) groups excluding carboxylic acids is 1. The molecule has 2 N–H and O–H groups in total. The first-order chi connectivity index (χ1) is 12.7. The first-order valence-electron chi connectivity index (χ1n) is 8.28. The van der Waals surface area contributed by atoms with E-state index in [1.54, 1.807) is 12.1 Å². The molecule has 3 aromatic rings. The van der Waals surface area contributed by atoms with Crippen molar-refractivity contribution in [3.63, 3.8) is 0 Å². The summed E-state index contributed by atoms with van der Waals surface area (Å²) in [5.41, 5.74) is 0.963. The SMILES string of the molecule is O=C(Cc1n[nH]c(COc2ccccc2)n1)NCCc1ccc(F)cc1. The largest absolute Gasteiger partial charge is 0.486 e. The number of hydrogen-bond acceptors (Lipinski definition) is 4. The second-order valence-electron chi connectivity index (χ2n) is 5.70. The molecule has 1 heterocycles. The molecule has 0 radical (unpaired) electrons. The number of amides is 1. The van der Waals surface area contributed by atoms with Gasteiger partial charge < -0.3 is 10.1 Å². The van der Waals surface area contributed by atoms with Crippen LogP contribution in [0.1, 0.15) is 17.2 Å². The number of para-hydroxylation sites is 1. The summed E-state index contributed by atoms with van der Waals surface area (Å²) in [5, 5.41) is 9.60. The Labute approximate surface area is 150 Å². The number of nitrogens with one attached hydrogen (secondary N) is 2. The maximum atomic E-state index is 12.8. The topological polar surface area (TPSA) is 79.9 Å². The highest BCUT2D eigenvalue weighted by Gasteiger charge is 2.09. The van der Waals surface area contributed by atoms with Crippen LogP contribution in [-0.2, 0) is 24.2 Å². The monoisotopic (exact) mass is 354 g/mol. The van der Waals surface area contributed by atoms with Crippen LogP contribution in [0, 0.1) is 5.82 Å². The van der Waals surface area contributed by atoms with Crippen LogP contribution < -0.4 is 10.1 Å². The van der Waals surface area contributed by atoms with Gasteiger partial charge in [0, 0.05) is 6.54 Å². The van der Waals surface area contributed by atoms with Gasteiger partial charge in [0.15, 0.2) is 11.6 Å². The summed E-state index contributed by atoms with van der Waals surface area (Å²) in [6, 6.07) is 15.6. The molecule has 0 fully saturated rings. The zero-order valence-electron chi connectivity index (χ0n) is 14.1. The van der Waals surface area contributed by atoms with Gasteiger partial charge >= 0.3 is 0 Å². The maximum absolute atomic E-state index is 12.8. The molecular weight excluding hydrogens is 335 g/mol. The molecule has 7 heteroatoms. The summed E-state index contributed by atoms with van der Waals surface area (Å²) in [6.45, 7) is 0.724. The van der Waals surface area contributed by atoms with Crippen molar-refractivity contribution >= 4 is 5.91 Å². The summed E-state index contributed by atoms with van der Waals surface area (Å²) in [7, 11) is 0. The molecule has 0 aliphatic rings. The molecule has 0 unspecified atom stereocenters. The van der Waals surface area contributed by atoms with Crippen molar-refractivity contribution in [2.24, 2.45) is 0 Å². The molecule has 6 nitrogen and oxygen atoms in total. The van der Waals surface area contributed by atoms with Crippen molar-refractivity contribution in [2.45, 2.75) is 19.4 Å². The van der Waals surface area contributed by atoms with E-state index in [0.717, 1.165) is 11.3 Å². The number of H-pyrrole nitrogens is 1. The number of nitrogens with zero attached hydrogens (tertiary/aromatic N) is 2. The Balaban J connectivity index is 1.40. The number of rotatable bonds is 8. The van der Waals surface area contributed by atoms with Gasteiger partial charge in [-0.25, -0.2) is 9.37 Å². The lowest BCUT2D eigenvalue weighted by atomic mass is 10.1. The third-order valence-electron chi connectivity index (χ3n) is 3.66. The van der Waals surface area contributed by atoms with Crippen molar-refractivity contribution in [3.05, 3.63) is 77.6 Å². The Morgan fingerprint density at radius 2 is 1.88 bits per heavy atom. The van der Waals surface area contributed by atoms with Crippen molar-refractivity contribution in [3.8, 4) is 5.75 Å². The molecule has 0 aliphatic carbocycles. The molecule has 134 valence electrons. The van der Waals surface area contributed by atoms with Gasteiger partial charge in [-0.3, -0.25) is 9.89 Å². The first kappa shape index (κ1) is 17.6. The van der Waals surface area contributed by atoms with E-state index < -0.39 is 0 Å². The van der Waals surface area contributed by atoms with Crippen molar-refractivity contribution in [2.75, 3.05) is 6.54 Å². The van der Waals surface area contributed by atoms with Crippen molar-refractivity contribution < 1.29 is 13.9 Å². The average Bonchev–Trinajstić information content (AvgIpc) is 3.10. The Bertz CT molecular complexity index is 834. The van der Waals surface area contributed by atoms with E-state index in [2.05, 4.69) is 20.5 Å². The average molecular weight is 354 g/mol. The highest BCUT2D eigenvalue weighted by molar-refractivity contribution is 5.77. The fourth-order valence-electron chi connectivity index (χ4n) is 2.35. The number of halogens is 1. The highest BCUT2D eigenvalue weighted by Crippen LogP contribution is 2.10. The van der Waals surface area contributed by atoms with Crippen LogP contribution in [0.25, 0.3) is 0 Å². The van der Waals surface area contributed by atoms with E-state index in [-0.39, 0.29) is 24.8 Å². The molecule has 26 heavy (non-hydrogen) atoms. The minimum Gasteiger partial charge on any atom is -0.486 e. The molecule has 3 rings (SSSR count). The van der Waals surface area contributed by atoms with Gasteiger partial charge in [-0.1, -0.05) is 30.3 Å². The molecule has 1 amide bonds. The Hall–Kier alpha value is -3.22. The Morgan fingerprint density at radius 1 is 1.12 bits per heavy atom. The van der Waals surface area contributed by atoms with Crippen molar-refractivity contribution in [1.82, 2.24) is 20.5 Å². The summed E-state index contributed by atoms with van der Waals surface area (Å²) >= 11 is 0. The number of aromatic amines is 1. The van der Waals surface area contributed by atoms with E-state index in [0.29, 0.717) is 24.6 Å². The van der Waals surface area contributed by atoms with Crippen LogP contribution >= 0.6 is 0 Å². The number of hydrogen-bond donors (Lipinski definition) is 2. The van der Waals surface area contributed by atoms with Crippen LogP contribution in [0.2, 0.25) is 0 Å². The van der Waals surface area contributed by atoms with Crippen LogP contribution in [0.5, 0.6) is 5.75 Å². The van der Waals surface area contributed by atoms with Crippen LogP contribution in [0.4, 0.5) is 4.39 Å². The third kappa shape index (κ3) is 5.41. The van der Waals surface area contributed by atoms with Gasteiger partial charge in [-0.15, -0.1) is 0 Å². The molecule has 1 aromatic heterocycles. The minimum absolute atomic E-state index is 0.0885. The second kappa shape index (κ2) is 8.75. The van der Waals surface area contributed by atoms with Crippen LogP contribution in [-0.4, -0.2) is 27.6 Å². The van der Waals surface area contributed by atoms with Gasteiger partial charge in [0.25, 0.3) is 0 Å². The molecule has 0 bridgehead atoms. The predicted molar refractivity (Wildman–Crippen MR) is 94.0 cm³/mol. The van der Waals surface area contributed by atoms with Crippen LogP contribution in [0.15, 0.2) is 54.6 Å². The van der Waals surface area contributed by atoms with Gasteiger partial charge in [0.2, 0.25) is 5.91 Å². The zero-order chi connectivity index (χ0) is 18.2. The van der Waals surface area contributed by atoms with Gasteiger partial charge in [-0.05, 0) is 36.2 Å². The maximum Gasteiger partial charge on any atom is 0.227 e. The summed E-state index contributed by atoms with van der Waals surface area (Å²) < 4.78 is 18.4. The molecule has 0 saturated heterocycles. The molecule has 0 saturated carbocycles. The highest BCUT2D eigenvalue weighted by atomic mass is 19.1. The number of carbonyl (C=O) groups is 1. The summed E-state index contributed by atoms with van der Waals surface area (Å²) in [5.74, 6) is 1.28. The second-order valence-corrected chi connectivity index (χ2v) is 5.70. The van der Waals surface area contributed by atoms with E-state index >= 15 is 0 Å². The van der Waals surface area contributed by atoms with Crippen molar-refractivity contribution in [1.29, 1.82) is 0 Å². The standard InChI is InChI=1S/C19H19FN4O2/c20-15-8-6-14(7-9-15)10-11-21-19(25)12-17-22-18(24-23-17)13-26-16-4-2-1-3-5-16/h1-9H,10-13H2,(H,21,25)(H,22,23,24). The lowest BCUT2D eigenvalue weighted by Crippen LogP contribution is -2.27. The Morgan fingerprint density at radius 3 is 2.65 bits per heavy atom. The molecular formula is C19H19FN4O2. The minimum atomic E-state index is -0.269. The smallest absolute Gasteiger partial charge is 0.227 e. The lowest BCUT2D eigenvalue weighted by Gasteiger charge is -2.04. The summed E-state index contributed by atoms with van der Waals surface area (Å²) in [6.07, 6.45) is 0.724. The molecule has 0 atom stereocenters. The lowest BCUT2D eigenvalue weighted by molar-refractivity contribution is -0.120. The van der Waals surface area contributed by atoms with Gasteiger partial charge in [0.05, 0.1) is 6.42 Å². The third-order valence-corrected chi connectivity index (χ3v) is 3.66. The molecule has 0 aliphatic heterocycles. The van der Waals surface area contributed by atoms with E-state index in [9.17, 15) is 9.18 Å². The zero-order valence-corrected chi connectivity index (χ0v) is 14.1. The fraction of sp³-hybridized carbons (Fsp3) is 0.211. The normalized spacial score (nSPS) is 10.5. The van der Waals surface area contributed by atoms with E-state index in [1.807, 2.05) is 30.3 Å². The van der Waals surface area contributed by atoms with Crippen LogP contribution in [0.3, 0.4) is 0 Å². The number of aromatic nitrogens is 3. The Kier molecular flexibility index (Phi) is 5.92. The summed E-state index contributed by atoms with van der Waals surface area (Å²) in [4.78, 5) is 16.2. The number of ether oxygens (including phenoxy) is 1. The quantitative estimate of drug-likeness (QED) is 0.651. The number of benzene rings is 2. The van der Waals surface area contributed by atoms with E-state index in [4.69, 9.17) is 4.74 Å². The van der Waals surface area contributed by atoms with Gasteiger partial charge in [-0.2, -0.15) is 5.10 Å². The first-order valence-corrected chi connectivity index (χ1v) is 8.28. The fourth-order valence-corrected chi connectivity index (χ4v) is 2.35. The molecule has 2 aromatic carbocycles. The predicted octanol–water partition coefficient (Wildman–Crippen LogP) is 2.42.